The molecule has 4 aromatic rings. The van der Waals surface area contributed by atoms with Crippen LogP contribution in [0.5, 0.6) is 5.75 Å². The van der Waals surface area contributed by atoms with Gasteiger partial charge in [-0.2, -0.15) is 25.3 Å². The van der Waals surface area contributed by atoms with Gasteiger partial charge in [-0.05, 0) is 18.6 Å². The minimum atomic E-state index is -4.97. The molecule has 13 heteroatoms. The Morgan fingerprint density at radius 3 is 1.12 bits per heavy atom. The van der Waals surface area contributed by atoms with Crippen molar-refractivity contribution in [2.75, 3.05) is 6.61 Å². The minimum Gasteiger partial charge on any atom is -0.493 e. The molecule has 0 bridgehead atoms. The zero-order valence-electron chi connectivity index (χ0n) is 28.3. The van der Waals surface area contributed by atoms with Gasteiger partial charge in [0.05, 0.1) is 6.61 Å². The summed E-state index contributed by atoms with van der Waals surface area (Å²) < 4.78 is 110. The van der Waals surface area contributed by atoms with Crippen molar-refractivity contribution in [1.82, 2.24) is 0 Å². The van der Waals surface area contributed by atoms with Gasteiger partial charge < -0.3 is 4.74 Å². The van der Waals surface area contributed by atoms with Crippen molar-refractivity contribution in [2.45, 2.75) is 137 Å². The molecule has 0 aliphatic heterocycles. The van der Waals surface area contributed by atoms with Crippen LogP contribution in [-0.2, 0) is 30.4 Å². The van der Waals surface area contributed by atoms with Crippen molar-refractivity contribution < 1.29 is 43.6 Å². The standard InChI is InChI=1S/C36H50O10S3/c1-2-3-4-5-6-7-8-9-10-11-12-13-14-15-16-17-18-19-24-46-31-25-32(47(37,38)39)28-22-23-30-34(49(43,44)45)26-33(48(40,41)42)29-21-20-27(31)35(28)36(29)30/h20-23,25-26H,2-19,24H2,1H3,(H,37,38,39)(H,40,41,42)(H,43,44,45). The molecule has 0 atom stereocenters. The smallest absolute Gasteiger partial charge is 0.295 e. The Kier molecular flexibility index (Phi) is 14.1. The van der Waals surface area contributed by atoms with Crippen LogP contribution >= 0.6 is 0 Å². The van der Waals surface area contributed by atoms with Crippen LogP contribution in [0.1, 0.15) is 122 Å². The Morgan fingerprint density at radius 2 is 0.755 bits per heavy atom. The zero-order chi connectivity index (χ0) is 35.7. The quantitative estimate of drug-likeness (QED) is 0.0378. The molecule has 0 saturated carbocycles. The minimum absolute atomic E-state index is 0.00936. The van der Waals surface area contributed by atoms with Crippen molar-refractivity contribution in [1.29, 1.82) is 0 Å². The van der Waals surface area contributed by atoms with Crippen LogP contribution in [0.25, 0.3) is 32.3 Å². The Bertz CT molecular complexity index is 1970. The Balaban J connectivity index is 1.34. The molecular formula is C36H50O10S3. The number of benzene rings is 4. The maximum Gasteiger partial charge on any atom is 0.295 e. The largest absolute Gasteiger partial charge is 0.493 e. The highest BCUT2D eigenvalue weighted by Crippen LogP contribution is 2.45. The molecule has 0 fully saturated rings. The van der Waals surface area contributed by atoms with Gasteiger partial charge in [-0.15, -0.1) is 0 Å². The summed E-state index contributed by atoms with van der Waals surface area (Å²) >= 11 is 0. The second kappa shape index (κ2) is 17.6. The fourth-order valence-corrected chi connectivity index (χ4v) is 9.02. The molecule has 0 aromatic heterocycles. The predicted molar refractivity (Wildman–Crippen MR) is 194 cm³/mol. The zero-order valence-corrected chi connectivity index (χ0v) is 30.8. The van der Waals surface area contributed by atoms with Crippen LogP contribution in [0.3, 0.4) is 0 Å². The highest BCUT2D eigenvalue weighted by atomic mass is 32.2. The molecule has 0 aliphatic rings. The van der Waals surface area contributed by atoms with Crippen LogP contribution in [0.4, 0.5) is 0 Å². The van der Waals surface area contributed by atoms with Crippen molar-refractivity contribution in [3.63, 3.8) is 0 Å². The molecule has 0 amide bonds. The summed E-state index contributed by atoms with van der Waals surface area (Å²) in [4.78, 5) is -2.06. The first-order valence-corrected chi connectivity index (χ1v) is 21.9. The lowest BCUT2D eigenvalue weighted by Gasteiger charge is -2.19. The molecule has 0 spiro atoms. The first kappa shape index (κ1) is 39.2. The van der Waals surface area contributed by atoms with E-state index in [-0.39, 0.29) is 39.3 Å². The molecule has 10 nitrogen and oxygen atoms in total. The van der Waals surface area contributed by atoms with Crippen LogP contribution in [-0.4, -0.2) is 45.5 Å². The van der Waals surface area contributed by atoms with E-state index in [4.69, 9.17) is 4.74 Å². The van der Waals surface area contributed by atoms with Crippen LogP contribution in [0.2, 0.25) is 0 Å². The van der Waals surface area contributed by atoms with Crippen LogP contribution < -0.4 is 4.74 Å². The first-order valence-electron chi connectivity index (χ1n) is 17.6. The summed E-state index contributed by atoms with van der Waals surface area (Å²) in [6.07, 6.45) is 22.3. The van der Waals surface area contributed by atoms with E-state index in [1.165, 1.54) is 120 Å². The lowest BCUT2D eigenvalue weighted by Crippen LogP contribution is -2.07. The molecule has 4 rings (SSSR count). The van der Waals surface area contributed by atoms with E-state index < -0.39 is 45.0 Å². The summed E-state index contributed by atoms with van der Waals surface area (Å²) in [6, 6.07) is 7.19. The summed E-state index contributed by atoms with van der Waals surface area (Å²) in [5, 5.41) is 0.228. The number of rotatable bonds is 23. The first-order chi connectivity index (χ1) is 23.2. The summed E-state index contributed by atoms with van der Waals surface area (Å²) in [7, 11) is -14.8. The number of hydrogen-bond acceptors (Lipinski definition) is 7. The van der Waals surface area contributed by atoms with Crippen molar-refractivity contribution >= 4 is 62.7 Å². The van der Waals surface area contributed by atoms with Gasteiger partial charge in [0, 0.05) is 38.4 Å². The van der Waals surface area contributed by atoms with Gasteiger partial charge in [-0.25, -0.2) is 0 Å². The van der Waals surface area contributed by atoms with Crippen LogP contribution in [0.15, 0.2) is 51.1 Å². The van der Waals surface area contributed by atoms with Gasteiger partial charge in [0.1, 0.15) is 20.4 Å². The lowest BCUT2D eigenvalue weighted by molar-refractivity contribution is 0.307. The summed E-state index contributed by atoms with van der Waals surface area (Å²) in [5.74, 6) is 0.104. The Labute approximate surface area is 291 Å². The van der Waals surface area contributed by atoms with Gasteiger partial charge in [0.25, 0.3) is 30.4 Å². The summed E-state index contributed by atoms with van der Waals surface area (Å²) in [5.41, 5.74) is 0. The molecule has 0 saturated heterocycles. The maximum absolute atomic E-state index is 12.5. The molecule has 0 radical (unpaired) electrons. The fraction of sp³-hybridized carbons (Fsp3) is 0.556. The molecule has 0 heterocycles. The molecule has 272 valence electrons. The second-order valence-corrected chi connectivity index (χ2v) is 17.3. The highest BCUT2D eigenvalue weighted by molar-refractivity contribution is 7.87. The second-order valence-electron chi connectivity index (χ2n) is 13.1. The third kappa shape index (κ3) is 10.5. The maximum atomic E-state index is 12.5. The van der Waals surface area contributed by atoms with E-state index in [0.717, 1.165) is 19.3 Å². The van der Waals surface area contributed by atoms with Gasteiger partial charge in [0.2, 0.25) is 0 Å². The van der Waals surface area contributed by atoms with E-state index in [1.54, 1.807) is 0 Å². The number of hydrogen-bond donors (Lipinski definition) is 3. The average Bonchev–Trinajstić information content (AvgIpc) is 3.03. The topological polar surface area (TPSA) is 172 Å². The molecule has 0 aliphatic carbocycles. The highest BCUT2D eigenvalue weighted by Gasteiger charge is 2.28. The summed E-state index contributed by atoms with van der Waals surface area (Å²) in [6.45, 7) is 2.50. The molecule has 3 N–H and O–H groups in total. The van der Waals surface area contributed by atoms with E-state index in [9.17, 15) is 38.9 Å². The van der Waals surface area contributed by atoms with E-state index in [0.29, 0.717) is 17.9 Å². The molecule has 0 unspecified atom stereocenters. The SMILES string of the molecule is CCCCCCCCCCCCCCCCCCCCOc1cc(S(=O)(=O)O)c2ccc3c(S(=O)(=O)O)cc(S(=O)(=O)O)c4ccc1c2c43. The van der Waals surface area contributed by atoms with Crippen molar-refractivity contribution in [3.8, 4) is 5.75 Å². The lowest BCUT2D eigenvalue weighted by atomic mass is 9.93. The van der Waals surface area contributed by atoms with Crippen molar-refractivity contribution in [3.05, 3.63) is 36.4 Å². The van der Waals surface area contributed by atoms with E-state index >= 15 is 0 Å². The number of ether oxygens (including phenoxy) is 1. The van der Waals surface area contributed by atoms with Gasteiger partial charge in [-0.1, -0.05) is 134 Å². The van der Waals surface area contributed by atoms with Gasteiger partial charge in [-0.3, -0.25) is 13.7 Å². The van der Waals surface area contributed by atoms with Crippen molar-refractivity contribution in [2.24, 2.45) is 0 Å². The molecule has 49 heavy (non-hydrogen) atoms. The van der Waals surface area contributed by atoms with Gasteiger partial charge in [0.15, 0.2) is 0 Å². The van der Waals surface area contributed by atoms with E-state index in [2.05, 4.69) is 6.92 Å². The van der Waals surface area contributed by atoms with Crippen LogP contribution in [0, 0.1) is 0 Å². The normalized spacial score (nSPS) is 12.9. The van der Waals surface area contributed by atoms with Gasteiger partial charge >= 0.3 is 0 Å². The fourth-order valence-electron chi connectivity index (χ4n) is 6.81. The average molecular weight is 739 g/mol. The Hall–Kier alpha value is -2.55. The Morgan fingerprint density at radius 1 is 0.449 bits per heavy atom. The van der Waals surface area contributed by atoms with E-state index in [1.807, 2.05) is 0 Å². The molecular weight excluding hydrogens is 689 g/mol. The predicted octanol–water partition coefficient (Wildman–Crippen LogP) is 9.74. The molecule has 4 aromatic carbocycles. The monoisotopic (exact) mass is 738 g/mol. The third-order valence-electron chi connectivity index (χ3n) is 9.34. The third-order valence-corrected chi connectivity index (χ3v) is 12.0. The number of unbranched alkanes of at least 4 members (excludes halogenated alkanes) is 17.